The molecular formula is C32H31ClN2O4. The number of benzene rings is 3. The van der Waals surface area contributed by atoms with E-state index < -0.39 is 11.9 Å². The van der Waals surface area contributed by atoms with Gasteiger partial charge in [-0.15, -0.1) is 0 Å². The van der Waals surface area contributed by atoms with Gasteiger partial charge in [-0.2, -0.15) is 0 Å². The minimum atomic E-state index is -0.429. The molecule has 39 heavy (non-hydrogen) atoms. The van der Waals surface area contributed by atoms with Crippen molar-refractivity contribution in [3.05, 3.63) is 117 Å². The number of hydrogen-bond acceptors (Lipinski definition) is 4. The van der Waals surface area contributed by atoms with E-state index in [0.717, 1.165) is 17.5 Å². The van der Waals surface area contributed by atoms with Gasteiger partial charge in [0.1, 0.15) is 0 Å². The topological polar surface area (TPSA) is 66.9 Å². The lowest BCUT2D eigenvalue weighted by atomic mass is 9.83. The lowest BCUT2D eigenvalue weighted by Gasteiger charge is -2.34. The van der Waals surface area contributed by atoms with Crippen molar-refractivity contribution in [1.82, 2.24) is 9.80 Å². The first-order valence-electron chi connectivity index (χ1n) is 13.2. The van der Waals surface area contributed by atoms with Crippen LogP contribution in [-0.2, 0) is 33.8 Å². The highest BCUT2D eigenvalue weighted by atomic mass is 35.5. The molecule has 2 heterocycles. The third-order valence-electron chi connectivity index (χ3n) is 7.53. The predicted molar refractivity (Wildman–Crippen MR) is 150 cm³/mol. The minimum absolute atomic E-state index is 0.00450. The van der Waals surface area contributed by atoms with Crippen LogP contribution in [0.1, 0.15) is 58.8 Å². The molecule has 0 spiro atoms. The Balaban J connectivity index is 1.36. The molecule has 1 atom stereocenters. The van der Waals surface area contributed by atoms with Crippen molar-refractivity contribution in [2.75, 3.05) is 13.2 Å². The summed E-state index contributed by atoms with van der Waals surface area (Å²) in [7, 11) is 0. The Hall–Kier alpha value is -3.90. The summed E-state index contributed by atoms with van der Waals surface area (Å²) in [5, 5.41) is 0.548. The van der Waals surface area contributed by atoms with Gasteiger partial charge in [-0.05, 0) is 66.8 Å². The number of hydrogen-bond donors (Lipinski definition) is 0. The monoisotopic (exact) mass is 542 g/mol. The zero-order chi connectivity index (χ0) is 27.5. The van der Waals surface area contributed by atoms with Crippen LogP contribution in [0.5, 0.6) is 0 Å². The first-order valence-corrected chi connectivity index (χ1v) is 13.6. The van der Waals surface area contributed by atoms with Crippen molar-refractivity contribution in [1.29, 1.82) is 0 Å². The van der Waals surface area contributed by atoms with Crippen LogP contribution in [0, 0.1) is 0 Å². The molecule has 0 aliphatic carbocycles. The molecule has 0 radical (unpaired) electrons. The summed E-state index contributed by atoms with van der Waals surface area (Å²) in [6, 6.07) is 22.9. The van der Waals surface area contributed by atoms with Crippen LogP contribution < -0.4 is 0 Å². The average molecular weight is 543 g/mol. The molecule has 2 aliphatic heterocycles. The molecule has 5 rings (SSSR count). The van der Waals surface area contributed by atoms with E-state index in [0.29, 0.717) is 41.5 Å². The van der Waals surface area contributed by atoms with Gasteiger partial charge in [0.15, 0.2) is 0 Å². The van der Waals surface area contributed by atoms with Gasteiger partial charge < -0.3 is 14.5 Å². The molecule has 0 bridgehead atoms. The fourth-order valence-electron chi connectivity index (χ4n) is 5.47. The zero-order valence-corrected chi connectivity index (χ0v) is 22.9. The Bertz CT molecular complexity index is 1450. The molecule has 0 fully saturated rings. The predicted octanol–water partition coefficient (Wildman–Crippen LogP) is 5.89. The van der Waals surface area contributed by atoms with Crippen LogP contribution in [-0.4, -0.2) is 40.7 Å². The Morgan fingerprint density at radius 1 is 1.00 bits per heavy atom. The second-order valence-electron chi connectivity index (χ2n) is 9.95. The maximum absolute atomic E-state index is 13.3. The highest BCUT2D eigenvalue weighted by Gasteiger charge is 2.37. The van der Waals surface area contributed by atoms with E-state index in [-0.39, 0.29) is 24.8 Å². The number of halogens is 1. The summed E-state index contributed by atoms with van der Waals surface area (Å²) in [6.45, 7) is 5.37. The highest BCUT2D eigenvalue weighted by Crippen LogP contribution is 2.38. The molecule has 3 aromatic carbocycles. The molecular weight excluding hydrogens is 512 g/mol. The van der Waals surface area contributed by atoms with E-state index in [4.69, 9.17) is 16.3 Å². The van der Waals surface area contributed by atoms with Crippen molar-refractivity contribution < 1.29 is 19.1 Å². The van der Waals surface area contributed by atoms with Crippen molar-refractivity contribution >= 4 is 29.4 Å². The largest absolute Gasteiger partial charge is 0.463 e. The van der Waals surface area contributed by atoms with Crippen molar-refractivity contribution in [3.8, 4) is 0 Å². The summed E-state index contributed by atoms with van der Waals surface area (Å²) >= 11 is 6.21. The number of allylic oxidation sites excluding steroid dienone is 1. The van der Waals surface area contributed by atoms with Crippen LogP contribution in [0.4, 0.5) is 0 Å². The van der Waals surface area contributed by atoms with E-state index in [2.05, 4.69) is 12.1 Å². The fourth-order valence-corrected chi connectivity index (χ4v) is 5.67. The van der Waals surface area contributed by atoms with Gasteiger partial charge >= 0.3 is 5.97 Å². The summed E-state index contributed by atoms with van der Waals surface area (Å²) in [4.78, 5) is 43.1. The van der Waals surface area contributed by atoms with Gasteiger partial charge in [-0.3, -0.25) is 9.59 Å². The molecule has 7 heteroatoms. The van der Waals surface area contributed by atoms with Gasteiger partial charge in [0, 0.05) is 41.7 Å². The van der Waals surface area contributed by atoms with Crippen molar-refractivity contribution in [2.24, 2.45) is 0 Å². The summed E-state index contributed by atoms with van der Waals surface area (Å²) < 4.78 is 5.38. The van der Waals surface area contributed by atoms with Crippen LogP contribution >= 0.6 is 11.6 Å². The van der Waals surface area contributed by atoms with E-state index >= 15 is 0 Å². The van der Waals surface area contributed by atoms with Crippen molar-refractivity contribution in [3.63, 3.8) is 0 Å². The summed E-state index contributed by atoms with van der Waals surface area (Å²) in [5.74, 6) is -0.949. The average Bonchev–Trinajstić information content (AvgIpc) is 2.94. The van der Waals surface area contributed by atoms with Crippen LogP contribution in [0.25, 0.3) is 0 Å². The molecule has 2 aliphatic rings. The first-order chi connectivity index (χ1) is 18.9. The number of esters is 1. The Morgan fingerprint density at radius 2 is 1.74 bits per heavy atom. The quantitative estimate of drug-likeness (QED) is 0.364. The third kappa shape index (κ3) is 5.62. The fraction of sp³-hybridized carbons (Fsp3) is 0.281. The molecule has 0 aromatic heterocycles. The molecule has 2 amide bonds. The number of nitrogens with zero attached hydrogens (tertiary/aromatic N) is 2. The van der Waals surface area contributed by atoms with E-state index in [1.165, 1.54) is 11.1 Å². The Labute approximate surface area is 233 Å². The first kappa shape index (κ1) is 26.7. The number of fused-ring (bicyclic) bond motifs is 1. The van der Waals surface area contributed by atoms with Gasteiger partial charge in [0.25, 0.3) is 5.91 Å². The standard InChI is InChI=1S/C32H31ClN2O4/c1-3-39-32(38)30-21(2)35(29(36)18-28(30)25-9-6-10-27(33)17-25)19-22-11-13-24(14-12-22)31(37)34-16-15-23-7-4-5-8-26(23)20-34/h4-14,17,28H,3,15-16,18-20H2,1-2H3. The Kier molecular flexibility index (Phi) is 7.84. The zero-order valence-electron chi connectivity index (χ0n) is 22.2. The van der Waals surface area contributed by atoms with Gasteiger partial charge in [0.2, 0.25) is 5.91 Å². The van der Waals surface area contributed by atoms with E-state index in [1.807, 2.05) is 53.4 Å². The molecule has 0 N–H and O–H groups in total. The van der Waals surface area contributed by atoms with Crippen LogP contribution in [0.2, 0.25) is 5.02 Å². The summed E-state index contributed by atoms with van der Waals surface area (Å²) in [6.07, 6.45) is 0.987. The molecule has 6 nitrogen and oxygen atoms in total. The number of amides is 2. The molecule has 0 saturated heterocycles. The number of rotatable bonds is 6. The SMILES string of the molecule is CCOC(=O)C1=C(C)N(Cc2ccc(C(=O)N3CCc4ccccc4C3)cc2)C(=O)CC1c1cccc(Cl)c1. The lowest BCUT2D eigenvalue weighted by molar-refractivity contribution is -0.140. The third-order valence-corrected chi connectivity index (χ3v) is 7.76. The van der Waals surface area contributed by atoms with Gasteiger partial charge in [0.05, 0.1) is 18.7 Å². The highest BCUT2D eigenvalue weighted by molar-refractivity contribution is 6.30. The van der Waals surface area contributed by atoms with Crippen LogP contribution in [0.15, 0.2) is 84.1 Å². The maximum atomic E-state index is 13.3. The maximum Gasteiger partial charge on any atom is 0.336 e. The minimum Gasteiger partial charge on any atom is -0.463 e. The smallest absolute Gasteiger partial charge is 0.336 e. The van der Waals surface area contributed by atoms with Gasteiger partial charge in [-0.25, -0.2) is 4.79 Å². The number of carbonyl (C=O) groups is 3. The summed E-state index contributed by atoms with van der Waals surface area (Å²) in [5.41, 5.74) is 5.81. The van der Waals surface area contributed by atoms with Gasteiger partial charge in [-0.1, -0.05) is 60.1 Å². The van der Waals surface area contributed by atoms with E-state index in [9.17, 15) is 14.4 Å². The number of carbonyl (C=O) groups excluding carboxylic acids is 3. The van der Waals surface area contributed by atoms with E-state index in [1.54, 1.807) is 30.9 Å². The van der Waals surface area contributed by atoms with Crippen LogP contribution in [0.3, 0.4) is 0 Å². The van der Waals surface area contributed by atoms with Crippen molar-refractivity contribution in [2.45, 2.75) is 45.7 Å². The lowest BCUT2D eigenvalue weighted by Crippen LogP contribution is -2.38. The molecule has 1 unspecified atom stereocenters. The molecule has 3 aromatic rings. The second kappa shape index (κ2) is 11.5. The Morgan fingerprint density at radius 3 is 2.46 bits per heavy atom. The molecule has 200 valence electrons. The molecule has 0 saturated carbocycles. The number of ether oxygens (including phenoxy) is 1. The second-order valence-corrected chi connectivity index (χ2v) is 10.4. The normalized spacial score (nSPS) is 17.2.